The van der Waals surface area contributed by atoms with Crippen LogP contribution in [0, 0.1) is 6.92 Å². The highest BCUT2D eigenvalue weighted by Gasteiger charge is 2.43. The van der Waals surface area contributed by atoms with Crippen molar-refractivity contribution in [3.05, 3.63) is 99.2 Å². The first-order valence-electron chi connectivity index (χ1n) is 11.7. The van der Waals surface area contributed by atoms with Crippen molar-refractivity contribution in [2.45, 2.75) is 33.4 Å². The van der Waals surface area contributed by atoms with E-state index in [2.05, 4.69) is 4.98 Å². The van der Waals surface area contributed by atoms with Crippen molar-refractivity contribution in [2.24, 2.45) is 0 Å². The molecule has 0 spiro atoms. The molecule has 4 aromatic rings. The predicted molar refractivity (Wildman–Crippen MR) is 132 cm³/mol. The van der Waals surface area contributed by atoms with Gasteiger partial charge >= 0.3 is 0 Å². The summed E-state index contributed by atoms with van der Waals surface area (Å²) in [6.07, 6.45) is 3.40. The number of fused-ring (bicyclic) bond motifs is 2. The van der Waals surface area contributed by atoms with Crippen LogP contribution in [0.1, 0.15) is 52.7 Å². The lowest BCUT2D eigenvalue weighted by Gasteiger charge is -2.26. The van der Waals surface area contributed by atoms with Crippen LogP contribution in [0.4, 0.5) is 0 Å². The Morgan fingerprint density at radius 1 is 1.00 bits per heavy atom. The second-order valence-corrected chi connectivity index (χ2v) is 8.44. The SMILES string of the molecule is CCOc1ccc([C@H]2c3c(oc4ccc(C)cc4c3=O)C(=O)N2Cc2cccnc2)cc1OCC. The van der Waals surface area contributed by atoms with E-state index in [1.807, 2.05) is 57.2 Å². The number of ether oxygens (including phenoxy) is 2. The van der Waals surface area contributed by atoms with E-state index in [9.17, 15) is 9.59 Å². The molecule has 0 saturated carbocycles. The number of hydrogen-bond acceptors (Lipinski definition) is 6. The third-order valence-corrected chi connectivity index (χ3v) is 6.08. The van der Waals surface area contributed by atoms with Gasteiger partial charge in [-0.25, -0.2) is 0 Å². The Labute approximate surface area is 202 Å². The van der Waals surface area contributed by atoms with E-state index in [0.29, 0.717) is 41.2 Å². The van der Waals surface area contributed by atoms with E-state index >= 15 is 0 Å². The van der Waals surface area contributed by atoms with Crippen molar-refractivity contribution in [2.75, 3.05) is 13.2 Å². The quantitative estimate of drug-likeness (QED) is 0.376. The maximum atomic E-state index is 13.8. The first-order chi connectivity index (χ1) is 17.0. The number of pyridine rings is 1. The number of aryl methyl sites for hydroxylation is 1. The van der Waals surface area contributed by atoms with Crippen LogP contribution in [0.3, 0.4) is 0 Å². The summed E-state index contributed by atoms with van der Waals surface area (Å²) in [6.45, 7) is 6.94. The highest BCUT2D eigenvalue weighted by molar-refractivity contribution is 5.99. The zero-order valence-corrected chi connectivity index (χ0v) is 19.9. The van der Waals surface area contributed by atoms with E-state index < -0.39 is 6.04 Å². The Morgan fingerprint density at radius 2 is 1.80 bits per heavy atom. The molecule has 1 aliphatic rings. The normalized spacial score (nSPS) is 14.9. The molecule has 1 aliphatic heterocycles. The lowest BCUT2D eigenvalue weighted by molar-refractivity contribution is 0.0714. The van der Waals surface area contributed by atoms with Crippen LogP contribution in [0.25, 0.3) is 11.0 Å². The summed E-state index contributed by atoms with van der Waals surface area (Å²) in [7, 11) is 0. The molecule has 3 heterocycles. The minimum absolute atomic E-state index is 0.0760. The van der Waals surface area contributed by atoms with E-state index in [-0.39, 0.29) is 23.6 Å². The van der Waals surface area contributed by atoms with Crippen molar-refractivity contribution in [3.8, 4) is 11.5 Å². The standard InChI is InChI=1S/C28H26N2O5/c1-4-33-22-11-9-19(14-23(22)34-5-2)25-24-26(31)20-13-17(3)8-10-21(20)35-27(24)28(32)30(25)16-18-7-6-12-29-15-18/h6-15,25H,4-5,16H2,1-3H3/t25-/m0/s1. The Hall–Kier alpha value is -4.13. The zero-order valence-electron chi connectivity index (χ0n) is 19.9. The minimum Gasteiger partial charge on any atom is -0.490 e. The minimum atomic E-state index is -0.645. The maximum Gasteiger partial charge on any atom is 0.291 e. The zero-order chi connectivity index (χ0) is 24.5. The second kappa shape index (κ2) is 9.25. The summed E-state index contributed by atoms with van der Waals surface area (Å²) < 4.78 is 17.6. The van der Waals surface area contributed by atoms with Gasteiger partial charge in [0, 0.05) is 18.9 Å². The number of hydrogen-bond donors (Lipinski definition) is 0. The smallest absolute Gasteiger partial charge is 0.291 e. The summed E-state index contributed by atoms with van der Waals surface area (Å²) in [6, 6.07) is 14.0. The van der Waals surface area contributed by atoms with Crippen LogP contribution in [-0.4, -0.2) is 29.0 Å². The molecule has 0 fully saturated rings. The number of benzene rings is 2. The van der Waals surface area contributed by atoms with Crippen molar-refractivity contribution < 1.29 is 18.7 Å². The average molecular weight is 471 g/mol. The Kier molecular flexibility index (Phi) is 5.99. The van der Waals surface area contributed by atoms with E-state index in [4.69, 9.17) is 13.9 Å². The number of aromatic nitrogens is 1. The van der Waals surface area contributed by atoms with Crippen molar-refractivity contribution in [1.29, 1.82) is 0 Å². The van der Waals surface area contributed by atoms with Gasteiger partial charge in [0.1, 0.15) is 5.58 Å². The number of rotatable bonds is 7. The van der Waals surface area contributed by atoms with Gasteiger partial charge in [0.25, 0.3) is 5.91 Å². The average Bonchev–Trinajstić information content (AvgIpc) is 3.13. The van der Waals surface area contributed by atoms with Gasteiger partial charge in [-0.3, -0.25) is 14.6 Å². The first kappa shape index (κ1) is 22.7. The summed E-state index contributed by atoms with van der Waals surface area (Å²) >= 11 is 0. The molecular formula is C28H26N2O5. The number of carbonyl (C=O) groups is 1. The van der Waals surface area contributed by atoms with Gasteiger partial charge in [-0.05, 0) is 62.2 Å². The van der Waals surface area contributed by atoms with Crippen molar-refractivity contribution >= 4 is 16.9 Å². The first-order valence-corrected chi connectivity index (χ1v) is 11.7. The van der Waals surface area contributed by atoms with Crippen LogP contribution < -0.4 is 14.9 Å². The topological polar surface area (TPSA) is 81.9 Å². The van der Waals surface area contributed by atoms with E-state index in [0.717, 1.165) is 16.7 Å². The lowest BCUT2D eigenvalue weighted by Crippen LogP contribution is -2.29. The van der Waals surface area contributed by atoms with Crippen LogP contribution >= 0.6 is 0 Å². The molecule has 178 valence electrons. The maximum absolute atomic E-state index is 13.8. The van der Waals surface area contributed by atoms with E-state index in [1.54, 1.807) is 29.4 Å². The third kappa shape index (κ3) is 4.03. The molecule has 35 heavy (non-hydrogen) atoms. The lowest BCUT2D eigenvalue weighted by atomic mass is 9.97. The molecule has 1 amide bonds. The van der Waals surface area contributed by atoms with Gasteiger partial charge in [0.2, 0.25) is 5.76 Å². The Bertz CT molecular complexity index is 1460. The van der Waals surface area contributed by atoms with Gasteiger partial charge in [0.15, 0.2) is 16.9 Å². The summed E-state index contributed by atoms with van der Waals surface area (Å²) in [4.78, 5) is 33.3. The fraction of sp³-hybridized carbons (Fsp3) is 0.250. The van der Waals surface area contributed by atoms with Crippen LogP contribution in [0.2, 0.25) is 0 Å². The molecule has 2 aromatic heterocycles. The molecule has 0 bridgehead atoms. The number of amides is 1. The third-order valence-electron chi connectivity index (χ3n) is 6.08. The Balaban J connectivity index is 1.72. The molecule has 7 nitrogen and oxygen atoms in total. The van der Waals surface area contributed by atoms with Crippen LogP contribution in [0.5, 0.6) is 11.5 Å². The molecule has 7 heteroatoms. The fourth-order valence-electron chi connectivity index (χ4n) is 4.57. The Morgan fingerprint density at radius 3 is 2.54 bits per heavy atom. The van der Waals surface area contributed by atoms with Gasteiger partial charge < -0.3 is 18.8 Å². The van der Waals surface area contributed by atoms with Gasteiger partial charge in [-0.15, -0.1) is 0 Å². The highest BCUT2D eigenvalue weighted by Crippen LogP contribution is 2.41. The molecule has 0 unspecified atom stereocenters. The van der Waals surface area contributed by atoms with Crippen molar-refractivity contribution in [3.63, 3.8) is 0 Å². The molecule has 5 rings (SSSR count). The second-order valence-electron chi connectivity index (χ2n) is 8.44. The van der Waals surface area contributed by atoms with Crippen molar-refractivity contribution in [1.82, 2.24) is 9.88 Å². The summed E-state index contributed by atoms with van der Waals surface area (Å²) in [5, 5.41) is 0.459. The fourth-order valence-corrected chi connectivity index (χ4v) is 4.57. The van der Waals surface area contributed by atoms with Crippen LogP contribution in [0.15, 0.2) is 70.1 Å². The van der Waals surface area contributed by atoms with Crippen LogP contribution in [-0.2, 0) is 6.54 Å². The molecule has 2 aromatic carbocycles. The highest BCUT2D eigenvalue weighted by atomic mass is 16.5. The summed E-state index contributed by atoms with van der Waals surface area (Å²) in [5.41, 5.74) is 3.07. The summed E-state index contributed by atoms with van der Waals surface area (Å²) in [5.74, 6) is 0.921. The molecule has 0 saturated heterocycles. The number of nitrogens with zero attached hydrogens (tertiary/aromatic N) is 2. The number of carbonyl (C=O) groups excluding carboxylic acids is 1. The van der Waals surface area contributed by atoms with Gasteiger partial charge in [-0.2, -0.15) is 0 Å². The predicted octanol–water partition coefficient (Wildman–Crippen LogP) is 5.04. The molecule has 0 radical (unpaired) electrons. The monoisotopic (exact) mass is 470 g/mol. The molecule has 1 atom stereocenters. The van der Waals surface area contributed by atoms with E-state index in [1.165, 1.54) is 0 Å². The largest absolute Gasteiger partial charge is 0.490 e. The van der Waals surface area contributed by atoms with Gasteiger partial charge in [0.05, 0.1) is 30.2 Å². The molecular weight excluding hydrogens is 444 g/mol. The molecule has 0 N–H and O–H groups in total. The van der Waals surface area contributed by atoms with Gasteiger partial charge in [-0.1, -0.05) is 23.8 Å². The molecule has 0 aliphatic carbocycles.